The quantitative estimate of drug-likeness (QED) is 0.743. The predicted molar refractivity (Wildman–Crippen MR) is 96.9 cm³/mol. The maximum Gasteiger partial charge on any atom is 0.239 e. The number of carbonyl (C=O) groups is 1. The molecule has 2 aromatic heterocycles. The Morgan fingerprint density at radius 1 is 1.20 bits per heavy atom. The molecule has 0 bridgehead atoms. The Hall–Kier alpha value is -2.89. The van der Waals surface area contributed by atoms with Gasteiger partial charge in [-0.15, -0.1) is 0 Å². The largest absolute Gasteiger partial charge is 0.355 e. The summed E-state index contributed by atoms with van der Waals surface area (Å²) in [4.78, 5) is 29.2. The molecule has 126 valence electrons. The van der Waals surface area contributed by atoms with E-state index in [1.807, 2.05) is 42.4 Å². The van der Waals surface area contributed by atoms with Crippen molar-refractivity contribution in [2.75, 3.05) is 29.9 Å². The lowest BCUT2D eigenvalue weighted by Gasteiger charge is -2.40. The van der Waals surface area contributed by atoms with E-state index in [0.717, 1.165) is 47.5 Å². The van der Waals surface area contributed by atoms with Crippen LogP contribution in [0, 0.1) is 0 Å². The van der Waals surface area contributed by atoms with E-state index in [1.165, 1.54) is 0 Å². The second-order valence-electron chi connectivity index (χ2n) is 6.93. The van der Waals surface area contributed by atoms with Gasteiger partial charge in [0.05, 0.1) is 10.8 Å². The normalized spacial score (nSPS) is 22.8. The van der Waals surface area contributed by atoms with Crippen molar-refractivity contribution in [3.8, 4) is 0 Å². The molecule has 5 rings (SSSR count). The van der Waals surface area contributed by atoms with Gasteiger partial charge < -0.3 is 14.8 Å². The Bertz CT molecular complexity index is 981. The average molecular weight is 333 g/mol. The van der Waals surface area contributed by atoms with Crippen LogP contribution in [0.1, 0.15) is 18.4 Å². The number of piperidine rings is 1. The highest BCUT2D eigenvalue weighted by molar-refractivity contribution is 6.08. The molecule has 0 radical (unpaired) electrons. The molecule has 25 heavy (non-hydrogen) atoms. The number of nitrogens with zero attached hydrogens (tertiary/aromatic N) is 4. The molecule has 1 saturated heterocycles. The van der Waals surface area contributed by atoms with Crippen LogP contribution in [0.15, 0.2) is 42.9 Å². The summed E-state index contributed by atoms with van der Waals surface area (Å²) in [6, 6.07) is 10.2. The summed E-state index contributed by atoms with van der Waals surface area (Å²) in [5.74, 6) is 1.10. The summed E-state index contributed by atoms with van der Waals surface area (Å²) in [7, 11) is 1.88. The number of para-hydroxylation sites is 1. The topological polar surface area (TPSA) is 65.1 Å². The zero-order chi connectivity index (χ0) is 17.0. The standard InChI is InChI=1S/C19H19N5O/c1-23-15-6-3-2-5-14(15)19(18(23)25)8-4-10-24(11-19)17-13-7-9-20-16(13)21-12-22-17/h2-3,5-7,9,12H,4,8,10-11H2,1H3,(H,20,21,22)/t19-/m1/s1. The second kappa shape index (κ2) is 5.05. The van der Waals surface area contributed by atoms with E-state index in [-0.39, 0.29) is 5.91 Å². The van der Waals surface area contributed by atoms with Crippen molar-refractivity contribution < 1.29 is 4.79 Å². The summed E-state index contributed by atoms with van der Waals surface area (Å²) in [6.45, 7) is 1.56. The lowest BCUT2D eigenvalue weighted by atomic mass is 9.75. The van der Waals surface area contributed by atoms with E-state index in [2.05, 4.69) is 25.9 Å². The lowest BCUT2D eigenvalue weighted by Crippen LogP contribution is -2.51. The molecule has 1 amide bonds. The highest BCUT2D eigenvalue weighted by Crippen LogP contribution is 2.47. The van der Waals surface area contributed by atoms with Crippen molar-refractivity contribution in [2.45, 2.75) is 18.3 Å². The van der Waals surface area contributed by atoms with Crippen molar-refractivity contribution in [1.82, 2.24) is 15.0 Å². The molecule has 0 unspecified atom stereocenters. The fraction of sp³-hybridized carbons (Fsp3) is 0.316. The predicted octanol–water partition coefficient (Wildman–Crippen LogP) is 2.47. The van der Waals surface area contributed by atoms with Gasteiger partial charge in [0.25, 0.3) is 0 Å². The number of nitrogens with one attached hydrogen (secondary N) is 1. The summed E-state index contributed by atoms with van der Waals surface area (Å²) in [5.41, 5.74) is 2.53. The Morgan fingerprint density at radius 3 is 3.00 bits per heavy atom. The molecule has 3 aromatic rings. The highest BCUT2D eigenvalue weighted by Gasteiger charge is 2.51. The van der Waals surface area contributed by atoms with Crippen molar-refractivity contribution in [2.24, 2.45) is 0 Å². The number of likely N-dealkylation sites (N-methyl/N-ethyl adjacent to an activating group) is 1. The van der Waals surface area contributed by atoms with Crippen molar-refractivity contribution in [3.05, 3.63) is 48.4 Å². The van der Waals surface area contributed by atoms with Crippen LogP contribution in [0.25, 0.3) is 11.0 Å². The van der Waals surface area contributed by atoms with Crippen molar-refractivity contribution >= 4 is 28.4 Å². The molecule has 6 nitrogen and oxygen atoms in total. The van der Waals surface area contributed by atoms with E-state index < -0.39 is 5.41 Å². The molecule has 1 N–H and O–H groups in total. The number of benzene rings is 1. The SMILES string of the molecule is CN1C(=O)[C@@]2(CCCN(c3ncnc4[nH]ccc34)C2)c2ccccc21. The minimum atomic E-state index is -0.475. The Kier molecular flexibility index (Phi) is 2.92. The molecule has 6 heteroatoms. The number of carbonyl (C=O) groups excluding carboxylic acids is 1. The van der Waals surface area contributed by atoms with Crippen LogP contribution in [0.3, 0.4) is 0 Å². The lowest BCUT2D eigenvalue weighted by molar-refractivity contribution is -0.123. The van der Waals surface area contributed by atoms with Crippen LogP contribution in [0.5, 0.6) is 0 Å². The summed E-state index contributed by atoms with van der Waals surface area (Å²) >= 11 is 0. The number of aromatic nitrogens is 3. The van der Waals surface area contributed by atoms with Crippen LogP contribution in [0.4, 0.5) is 11.5 Å². The number of hydrogen-bond donors (Lipinski definition) is 1. The first kappa shape index (κ1) is 14.5. The van der Waals surface area contributed by atoms with Crippen molar-refractivity contribution in [1.29, 1.82) is 0 Å². The van der Waals surface area contributed by atoms with Gasteiger partial charge in [0.1, 0.15) is 17.8 Å². The van der Waals surface area contributed by atoms with Gasteiger partial charge in [-0.25, -0.2) is 9.97 Å². The Labute approximate surface area is 145 Å². The fourth-order valence-electron chi connectivity index (χ4n) is 4.46. The van der Waals surface area contributed by atoms with Gasteiger partial charge in [0.15, 0.2) is 0 Å². The van der Waals surface area contributed by atoms with E-state index >= 15 is 0 Å². The van der Waals surface area contributed by atoms with Crippen LogP contribution in [0.2, 0.25) is 0 Å². The van der Waals surface area contributed by atoms with E-state index in [1.54, 1.807) is 6.33 Å². The van der Waals surface area contributed by atoms with Gasteiger partial charge >= 0.3 is 0 Å². The maximum absolute atomic E-state index is 13.2. The number of anilines is 2. The van der Waals surface area contributed by atoms with Crippen molar-refractivity contribution in [3.63, 3.8) is 0 Å². The summed E-state index contributed by atoms with van der Waals surface area (Å²) < 4.78 is 0. The molecule has 1 atom stereocenters. The maximum atomic E-state index is 13.2. The van der Waals surface area contributed by atoms with E-state index in [4.69, 9.17) is 0 Å². The third-order valence-electron chi connectivity index (χ3n) is 5.62. The summed E-state index contributed by atoms with van der Waals surface area (Å²) in [6.07, 6.45) is 5.31. The zero-order valence-corrected chi connectivity index (χ0v) is 14.1. The molecule has 2 aliphatic heterocycles. The minimum Gasteiger partial charge on any atom is -0.355 e. The van der Waals surface area contributed by atoms with Gasteiger partial charge in [0.2, 0.25) is 5.91 Å². The number of hydrogen-bond acceptors (Lipinski definition) is 4. The molecule has 2 aliphatic rings. The van der Waals surface area contributed by atoms with E-state index in [0.29, 0.717) is 6.54 Å². The number of rotatable bonds is 1. The smallest absolute Gasteiger partial charge is 0.239 e. The number of fused-ring (bicyclic) bond motifs is 3. The monoisotopic (exact) mass is 333 g/mol. The summed E-state index contributed by atoms with van der Waals surface area (Å²) in [5, 5.41) is 1.01. The molecule has 0 saturated carbocycles. The van der Waals surface area contributed by atoms with Gasteiger partial charge in [-0.1, -0.05) is 18.2 Å². The molecule has 1 spiro atoms. The van der Waals surface area contributed by atoms with Crippen LogP contribution >= 0.6 is 0 Å². The number of amides is 1. The molecule has 4 heterocycles. The van der Waals surface area contributed by atoms with Crippen LogP contribution < -0.4 is 9.80 Å². The molecule has 0 aliphatic carbocycles. The van der Waals surface area contributed by atoms with Crippen LogP contribution in [-0.2, 0) is 10.2 Å². The first-order valence-corrected chi connectivity index (χ1v) is 8.61. The third-order valence-corrected chi connectivity index (χ3v) is 5.62. The van der Waals surface area contributed by atoms with Gasteiger partial charge in [-0.05, 0) is 30.5 Å². The Morgan fingerprint density at radius 2 is 2.08 bits per heavy atom. The average Bonchev–Trinajstić information content (AvgIpc) is 3.21. The second-order valence-corrected chi connectivity index (χ2v) is 6.93. The number of aromatic amines is 1. The number of H-pyrrole nitrogens is 1. The zero-order valence-electron chi connectivity index (χ0n) is 14.1. The fourth-order valence-corrected chi connectivity index (χ4v) is 4.46. The van der Waals surface area contributed by atoms with Gasteiger partial charge in [0, 0.05) is 32.0 Å². The third kappa shape index (κ3) is 1.88. The van der Waals surface area contributed by atoms with Crippen LogP contribution in [-0.4, -0.2) is 41.0 Å². The highest BCUT2D eigenvalue weighted by atomic mass is 16.2. The molecular weight excluding hydrogens is 314 g/mol. The minimum absolute atomic E-state index is 0.192. The molecular formula is C19H19N5O. The van der Waals surface area contributed by atoms with E-state index in [9.17, 15) is 4.79 Å². The van der Waals surface area contributed by atoms with Gasteiger partial charge in [-0.3, -0.25) is 4.79 Å². The van der Waals surface area contributed by atoms with Gasteiger partial charge in [-0.2, -0.15) is 0 Å². The molecule has 1 aromatic carbocycles. The Balaban J connectivity index is 1.61. The first-order valence-electron chi connectivity index (χ1n) is 8.61. The molecule has 1 fully saturated rings. The first-order chi connectivity index (χ1) is 12.2.